The molecule has 1 N–H and O–H groups in total. The van der Waals surface area contributed by atoms with E-state index >= 15 is 0 Å². The maximum atomic E-state index is 13.1. The SMILES string of the molecule is COc1cc(C=C2C(=O)NN(c3ccc(F)cc3)C2=O)cc(Br)c1OC(C)=O. The van der Waals surface area contributed by atoms with Gasteiger partial charge in [0.2, 0.25) is 0 Å². The Morgan fingerprint density at radius 1 is 1.21 bits per heavy atom. The maximum Gasteiger partial charge on any atom is 0.308 e. The molecule has 0 saturated carbocycles. The minimum absolute atomic E-state index is 0.112. The average Bonchev–Trinajstić information content (AvgIpc) is 2.92. The van der Waals surface area contributed by atoms with Gasteiger partial charge in [0, 0.05) is 6.92 Å². The zero-order valence-electron chi connectivity index (χ0n) is 14.8. The summed E-state index contributed by atoms with van der Waals surface area (Å²) in [4.78, 5) is 36.1. The first-order valence-electron chi connectivity index (χ1n) is 7.99. The number of rotatable bonds is 4. The van der Waals surface area contributed by atoms with Gasteiger partial charge in [-0.15, -0.1) is 0 Å². The summed E-state index contributed by atoms with van der Waals surface area (Å²) in [5, 5.41) is 1.03. The van der Waals surface area contributed by atoms with Crippen molar-refractivity contribution >= 4 is 45.5 Å². The Kier molecular flexibility index (Phi) is 5.46. The van der Waals surface area contributed by atoms with Crippen molar-refractivity contribution in [2.45, 2.75) is 6.92 Å². The van der Waals surface area contributed by atoms with Crippen molar-refractivity contribution in [3.05, 3.63) is 57.8 Å². The van der Waals surface area contributed by atoms with E-state index in [9.17, 15) is 18.8 Å². The summed E-state index contributed by atoms with van der Waals surface area (Å²) in [6.45, 7) is 1.26. The van der Waals surface area contributed by atoms with Crippen LogP contribution in [-0.4, -0.2) is 24.9 Å². The second kappa shape index (κ2) is 7.81. The molecule has 3 rings (SSSR count). The van der Waals surface area contributed by atoms with Crippen LogP contribution in [0.2, 0.25) is 0 Å². The van der Waals surface area contributed by atoms with E-state index in [2.05, 4.69) is 21.4 Å². The van der Waals surface area contributed by atoms with Crippen molar-refractivity contribution in [2.24, 2.45) is 0 Å². The van der Waals surface area contributed by atoms with Crippen molar-refractivity contribution in [1.29, 1.82) is 0 Å². The number of benzene rings is 2. The monoisotopic (exact) mass is 448 g/mol. The van der Waals surface area contributed by atoms with Gasteiger partial charge in [-0.05, 0) is 64.0 Å². The topological polar surface area (TPSA) is 84.9 Å². The Bertz CT molecular complexity index is 1000. The second-order valence-electron chi connectivity index (χ2n) is 5.74. The fourth-order valence-corrected chi connectivity index (χ4v) is 3.10. The summed E-state index contributed by atoms with van der Waals surface area (Å²) in [7, 11) is 1.40. The Morgan fingerprint density at radius 3 is 2.50 bits per heavy atom. The van der Waals surface area contributed by atoms with Crippen LogP contribution in [0, 0.1) is 5.82 Å². The number of nitrogens with one attached hydrogen (secondary N) is 1. The van der Waals surface area contributed by atoms with Crippen molar-refractivity contribution in [1.82, 2.24) is 5.43 Å². The zero-order chi connectivity index (χ0) is 20.4. The molecule has 0 atom stereocenters. The van der Waals surface area contributed by atoms with Crippen LogP contribution in [-0.2, 0) is 14.4 Å². The number of anilines is 1. The summed E-state index contributed by atoms with van der Waals surface area (Å²) in [5.41, 5.74) is 3.12. The Labute approximate surface area is 167 Å². The smallest absolute Gasteiger partial charge is 0.308 e. The molecule has 0 aliphatic carbocycles. The van der Waals surface area contributed by atoms with Crippen molar-refractivity contribution in [3.8, 4) is 11.5 Å². The van der Waals surface area contributed by atoms with Crippen LogP contribution in [0.1, 0.15) is 12.5 Å². The maximum absolute atomic E-state index is 13.1. The fourth-order valence-electron chi connectivity index (χ4n) is 2.56. The second-order valence-corrected chi connectivity index (χ2v) is 6.60. The first-order chi connectivity index (χ1) is 13.3. The number of carbonyl (C=O) groups excluding carboxylic acids is 3. The van der Waals surface area contributed by atoms with E-state index in [0.29, 0.717) is 15.7 Å². The van der Waals surface area contributed by atoms with Gasteiger partial charge < -0.3 is 9.47 Å². The van der Waals surface area contributed by atoms with E-state index in [-0.39, 0.29) is 17.1 Å². The summed E-state index contributed by atoms with van der Waals surface area (Å²) in [5.74, 6) is -1.73. The molecule has 2 amide bonds. The molecule has 0 aromatic heterocycles. The van der Waals surface area contributed by atoms with E-state index in [1.165, 1.54) is 50.4 Å². The van der Waals surface area contributed by atoms with Crippen LogP contribution >= 0.6 is 15.9 Å². The van der Waals surface area contributed by atoms with E-state index < -0.39 is 23.6 Å². The Hall–Kier alpha value is -3.20. The fraction of sp³-hybridized carbons (Fsp3) is 0.105. The molecule has 2 aromatic rings. The van der Waals surface area contributed by atoms with Gasteiger partial charge in [-0.1, -0.05) is 0 Å². The van der Waals surface area contributed by atoms with Gasteiger partial charge in [0.05, 0.1) is 17.3 Å². The van der Waals surface area contributed by atoms with Gasteiger partial charge in [-0.2, -0.15) is 0 Å². The third-order valence-corrected chi connectivity index (χ3v) is 4.37. The van der Waals surface area contributed by atoms with E-state index in [0.717, 1.165) is 5.01 Å². The summed E-state index contributed by atoms with van der Waals surface area (Å²) < 4.78 is 23.8. The van der Waals surface area contributed by atoms with E-state index in [1.54, 1.807) is 6.07 Å². The van der Waals surface area contributed by atoms with Crippen LogP contribution in [0.5, 0.6) is 11.5 Å². The number of carbonyl (C=O) groups is 3. The molecule has 1 saturated heterocycles. The van der Waals surface area contributed by atoms with E-state index in [4.69, 9.17) is 9.47 Å². The molecule has 0 spiro atoms. The Balaban J connectivity index is 1.95. The minimum Gasteiger partial charge on any atom is -0.493 e. The number of halogens is 2. The lowest BCUT2D eigenvalue weighted by molar-refractivity contribution is -0.132. The highest BCUT2D eigenvalue weighted by Gasteiger charge is 2.34. The molecule has 28 heavy (non-hydrogen) atoms. The van der Waals surface area contributed by atoms with Crippen molar-refractivity contribution in [2.75, 3.05) is 12.1 Å². The largest absolute Gasteiger partial charge is 0.493 e. The number of hydrogen-bond donors (Lipinski definition) is 1. The van der Waals surface area contributed by atoms with Gasteiger partial charge in [0.1, 0.15) is 11.4 Å². The first kappa shape index (κ1) is 19.6. The number of nitrogens with zero attached hydrogens (tertiary/aromatic N) is 1. The highest BCUT2D eigenvalue weighted by molar-refractivity contribution is 9.10. The predicted octanol–water partition coefficient (Wildman–Crippen LogP) is 2.98. The molecule has 7 nitrogen and oxygen atoms in total. The Morgan fingerprint density at radius 2 is 1.89 bits per heavy atom. The highest BCUT2D eigenvalue weighted by Crippen LogP contribution is 2.37. The molecule has 9 heteroatoms. The number of esters is 1. The number of methoxy groups -OCH3 is 1. The average molecular weight is 449 g/mol. The van der Waals surface area contributed by atoms with Crippen molar-refractivity contribution < 1.29 is 28.2 Å². The van der Waals surface area contributed by atoms with Crippen LogP contribution in [0.3, 0.4) is 0 Å². The molecule has 1 fully saturated rings. The third-order valence-electron chi connectivity index (χ3n) is 3.78. The number of hydrazine groups is 1. The quantitative estimate of drug-likeness (QED) is 0.336. The highest BCUT2D eigenvalue weighted by atomic mass is 79.9. The lowest BCUT2D eigenvalue weighted by Crippen LogP contribution is -2.35. The number of amides is 2. The molecule has 144 valence electrons. The molecule has 0 bridgehead atoms. The predicted molar refractivity (Wildman–Crippen MR) is 102 cm³/mol. The van der Waals surface area contributed by atoms with Crippen LogP contribution in [0.25, 0.3) is 6.08 Å². The molecule has 0 radical (unpaired) electrons. The lowest BCUT2D eigenvalue weighted by atomic mass is 10.1. The van der Waals surface area contributed by atoms with Gasteiger partial charge in [-0.25, -0.2) is 9.40 Å². The van der Waals surface area contributed by atoms with Gasteiger partial charge in [0.25, 0.3) is 11.8 Å². The molecule has 1 aliphatic heterocycles. The number of ether oxygens (including phenoxy) is 2. The first-order valence-corrected chi connectivity index (χ1v) is 8.78. The normalized spacial score (nSPS) is 15.0. The summed E-state index contributed by atoms with van der Waals surface area (Å²) in [6.07, 6.45) is 1.38. The zero-order valence-corrected chi connectivity index (χ0v) is 16.4. The van der Waals surface area contributed by atoms with Gasteiger partial charge >= 0.3 is 5.97 Å². The number of hydrogen-bond acceptors (Lipinski definition) is 5. The molecule has 2 aromatic carbocycles. The molecule has 1 heterocycles. The van der Waals surface area contributed by atoms with Gasteiger partial charge in [-0.3, -0.25) is 19.8 Å². The molecule has 0 unspecified atom stereocenters. The van der Waals surface area contributed by atoms with Crippen LogP contribution in [0.4, 0.5) is 10.1 Å². The van der Waals surface area contributed by atoms with E-state index in [1.807, 2.05) is 0 Å². The summed E-state index contributed by atoms with van der Waals surface area (Å²) in [6, 6.07) is 8.23. The van der Waals surface area contributed by atoms with Crippen molar-refractivity contribution in [3.63, 3.8) is 0 Å². The van der Waals surface area contributed by atoms with Gasteiger partial charge in [0.15, 0.2) is 11.5 Å². The molecular formula is C19H14BrFN2O5. The summed E-state index contributed by atoms with van der Waals surface area (Å²) >= 11 is 3.28. The minimum atomic E-state index is -0.603. The molecular weight excluding hydrogens is 435 g/mol. The third kappa shape index (κ3) is 3.89. The standard InChI is InChI=1S/C19H14BrFN2O5/c1-10(24)28-17-15(20)8-11(9-16(17)27-2)7-14-18(25)22-23(19(14)26)13-5-3-12(21)4-6-13/h3-9H,1-2H3,(H,22,25). The van der Waals surface area contributed by atoms with Crippen LogP contribution < -0.4 is 19.9 Å². The van der Waals surface area contributed by atoms with Crippen LogP contribution in [0.15, 0.2) is 46.4 Å². The molecule has 1 aliphatic rings. The lowest BCUT2D eigenvalue weighted by Gasteiger charge is -2.14.